The SMILES string of the molecule is CCn1c(CCC(N)=O)nnc1S[C@@H](C)C(=O)c1c(C)[nH]c2ccccc12. The van der Waals surface area contributed by atoms with E-state index in [9.17, 15) is 9.59 Å². The Kier molecular flexibility index (Phi) is 5.65. The quantitative estimate of drug-likeness (QED) is 0.458. The second kappa shape index (κ2) is 7.96. The highest BCUT2D eigenvalue weighted by Gasteiger charge is 2.24. The summed E-state index contributed by atoms with van der Waals surface area (Å²) in [5.74, 6) is 0.397. The molecule has 0 saturated carbocycles. The Morgan fingerprint density at radius 1 is 1.30 bits per heavy atom. The fourth-order valence-electron chi connectivity index (χ4n) is 3.15. The molecule has 0 spiro atoms. The molecule has 0 bridgehead atoms. The number of hydrogen-bond acceptors (Lipinski definition) is 5. The molecule has 1 atom stereocenters. The highest BCUT2D eigenvalue weighted by molar-refractivity contribution is 8.00. The largest absolute Gasteiger partial charge is 0.370 e. The molecule has 0 aliphatic heterocycles. The maximum atomic E-state index is 13.1. The Morgan fingerprint density at radius 3 is 2.74 bits per heavy atom. The van der Waals surface area contributed by atoms with Crippen LogP contribution < -0.4 is 5.73 Å². The minimum Gasteiger partial charge on any atom is -0.370 e. The van der Waals surface area contributed by atoms with Gasteiger partial charge in [-0.2, -0.15) is 0 Å². The topological polar surface area (TPSA) is 107 Å². The number of hydrogen-bond donors (Lipinski definition) is 2. The number of fused-ring (bicyclic) bond motifs is 1. The molecule has 0 unspecified atom stereocenters. The number of rotatable bonds is 8. The average Bonchev–Trinajstić information content (AvgIpc) is 3.18. The van der Waals surface area contributed by atoms with Crippen molar-refractivity contribution in [1.29, 1.82) is 0 Å². The summed E-state index contributed by atoms with van der Waals surface area (Å²) in [5.41, 5.74) is 7.78. The monoisotopic (exact) mass is 385 g/mol. The van der Waals surface area contributed by atoms with Gasteiger partial charge in [-0.25, -0.2) is 0 Å². The van der Waals surface area contributed by atoms with E-state index in [4.69, 9.17) is 5.73 Å². The third-order valence-corrected chi connectivity index (χ3v) is 5.58. The van der Waals surface area contributed by atoms with E-state index in [1.165, 1.54) is 11.8 Å². The summed E-state index contributed by atoms with van der Waals surface area (Å²) in [6.07, 6.45) is 0.673. The lowest BCUT2D eigenvalue weighted by Gasteiger charge is -2.12. The first-order chi connectivity index (χ1) is 12.9. The second-order valence-electron chi connectivity index (χ2n) is 6.40. The molecular formula is C19H23N5O2S. The fraction of sp³-hybridized carbons (Fsp3) is 0.368. The van der Waals surface area contributed by atoms with Gasteiger partial charge >= 0.3 is 0 Å². The van der Waals surface area contributed by atoms with Crippen LogP contribution in [0, 0.1) is 6.92 Å². The number of Topliss-reactive ketones (excluding diaryl/α,β-unsaturated/α-hetero) is 1. The summed E-state index contributed by atoms with van der Waals surface area (Å²) in [5, 5.41) is 9.68. The van der Waals surface area contributed by atoms with Crippen molar-refractivity contribution in [3.8, 4) is 0 Å². The van der Waals surface area contributed by atoms with E-state index in [-0.39, 0.29) is 23.4 Å². The molecule has 8 heteroatoms. The predicted octanol–water partition coefficient (Wildman–Crippen LogP) is 2.87. The number of nitrogens with zero attached hydrogens (tertiary/aromatic N) is 3. The molecule has 3 aromatic rings. The van der Waals surface area contributed by atoms with Crippen molar-refractivity contribution < 1.29 is 9.59 Å². The summed E-state index contributed by atoms with van der Waals surface area (Å²) >= 11 is 1.38. The van der Waals surface area contributed by atoms with E-state index >= 15 is 0 Å². The number of H-pyrrole nitrogens is 1. The fourth-order valence-corrected chi connectivity index (χ4v) is 4.14. The van der Waals surface area contributed by atoms with Crippen molar-refractivity contribution in [3.63, 3.8) is 0 Å². The number of nitrogens with one attached hydrogen (secondary N) is 1. The van der Waals surface area contributed by atoms with Gasteiger partial charge in [0.2, 0.25) is 5.91 Å². The molecule has 0 saturated heterocycles. The lowest BCUT2D eigenvalue weighted by molar-refractivity contribution is -0.118. The van der Waals surface area contributed by atoms with Crippen LogP contribution in [0.3, 0.4) is 0 Å². The Morgan fingerprint density at radius 2 is 2.04 bits per heavy atom. The van der Waals surface area contributed by atoms with Crippen molar-refractivity contribution in [2.75, 3.05) is 0 Å². The van der Waals surface area contributed by atoms with Crippen LogP contribution in [-0.4, -0.2) is 36.7 Å². The van der Waals surface area contributed by atoms with E-state index in [0.717, 1.165) is 22.2 Å². The Balaban J connectivity index is 1.82. The van der Waals surface area contributed by atoms with E-state index < -0.39 is 0 Å². The molecule has 1 amide bonds. The highest BCUT2D eigenvalue weighted by atomic mass is 32.2. The van der Waals surface area contributed by atoms with Gasteiger partial charge in [-0.15, -0.1) is 10.2 Å². The summed E-state index contributed by atoms with van der Waals surface area (Å²) in [6.45, 7) is 6.45. The molecule has 1 aromatic carbocycles. The number of aromatic nitrogens is 4. The normalized spacial score (nSPS) is 12.4. The third kappa shape index (κ3) is 3.90. The number of carbonyl (C=O) groups is 2. The van der Waals surface area contributed by atoms with Gasteiger partial charge in [-0.1, -0.05) is 30.0 Å². The van der Waals surface area contributed by atoms with Gasteiger partial charge < -0.3 is 15.3 Å². The highest BCUT2D eigenvalue weighted by Crippen LogP contribution is 2.29. The Bertz CT molecular complexity index is 991. The van der Waals surface area contributed by atoms with Crippen molar-refractivity contribution >= 4 is 34.4 Å². The molecule has 7 nitrogen and oxygen atoms in total. The van der Waals surface area contributed by atoms with Crippen LogP contribution in [0.2, 0.25) is 0 Å². The lowest BCUT2D eigenvalue weighted by Crippen LogP contribution is -2.16. The first-order valence-corrected chi connectivity index (χ1v) is 9.78. The molecule has 0 aliphatic carbocycles. The third-order valence-electron chi connectivity index (χ3n) is 4.50. The van der Waals surface area contributed by atoms with Crippen LogP contribution in [0.25, 0.3) is 10.9 Å². The lowest BCUT2D eigenvalue weighted by atomic mass is 10.1. The summed E-state index contributed by atoms with van der Waals surface area (Å²) in [6, 6.07) is 7.81. The van der Waals surface area contributed by atoms with Gasteiger partial charge in [0, 0.05) is 41.5 Å². The number of para-hydroxylation sites is 1. The minimum absolute atomic E-state index is 0.0549. The zero-order chi connectivity index (χ0) is 19.6. The molecule has 2 heterocycles. The molecule has 0 radical (unpaired) electrons. The molecule has 0 aliphatic rings. The molecule has 0 fully saturated rings. The summed E-state index contributed by atoms with van der Waals surface area (Å²) in [7, 11) is 0. The number of amides is 1. The van der Waals surface area contributed by atoms with Crippen LogP contribution >= 0.6 is 11.8 Å². The van der Waals surface area contributed by atoms with Crippen molar-refractivity contribution in [1.82, 2.24) is 19.7 Å². The maximum absolute atomic E-state index is 13.1. The number of thioether (sulfide) groups is 1. The van der Waals surface area contributed by atoms with Crippen LogP contribution in [0.15, 0.2) is 29.4 Å². The van der Waals surface area contributed by atoms with E-state index in [1.807, 2.05) is 49.6 Å². The average molecular weight is 385 g/mol. The Labute approximate surface area is 161 Å². The van der Waals surface area contributed by atoms with Gasteiger partial charge in [0.1, 0.15) is 5.82 Å². The number of primary amides is 1. The zero-order valence-electron chi connectivity index (χ0n) is 15.7. The van der Waals surface area contributed by atoms with Crippen LogP contribution in [0.4, 0.5) is 0 Å². The number of aryl methyl sites for hydroxylation is 2. The number of carbonyl (C=O) groups excluding carboxylic acids is 2. The standard InChI is InChI=1S/C19H23N5O2S/c1-4-24-16(10-9-15(20)25)22-23-19(24)27-12(3)18(26)17-11(2)21-14-8-6-5-7-13(14)17/h5-8,12,21H,4,9-10H2,1-3H3,(H2,20,25)/t12-/m0/s1. The minimum atomic E-state index is -0.367. The molecular weight excluding hydrogens is 362 g/mol. The number of ketones is 1. The second-order valence-corrected chi connectivity index (χ2v) is 7.71. The number of aromatic amines is 1. The van der Waals surface area contributed by atoms with Gasteiger partial charge in [0.15, 0.2) is 10.9 Å². The first kappa shape index (κ1) is 19.2. The summed E-state index contributed by atoms with van der Waals surface area (Å²) < 4.78 is 1.93. The van der Waals surface area contributed by atoms with Crippen LogP contribution in [0.1, 0.15) is 42.1 Å². The first-order valence-electron chi connectivity index (χ1n) is 8.90. The zero-order valence-corrected chi connectivity index (χ0v) is 16.5. The molecule has 2 aromatic heterocycles. The van der Waals surface area contributed by atoms with E-state index in [1.54, 1.807) is 0 Å². The number of nitrogens with two attached hydrogens (primary N) is 1. The van der Waals surface area contributed by atoms with E-state index in [2.05, 4.69) is 15.2 Å². The van der Waals surface area contributed by atoms with Crippen LogP contribution in [-0.2, 0) is 17.8 Å². The maximum Gasteiger partial charge on any atom is 0.217 e. The van der Waals surface area contributed by atoms with Gasteiger partial charge in [-0.3, -0.25) is 9.59 Å². The molecule has 27 heavy (non-hydrogen) atoms. The van der Waals surface area contributed by atoms with Gasteiger partial charge in [-0.05, 0) is 26.8 Å². The smallest absolute Gasteiger partial charge is 0.217 e. The van der Waals surface area contributed by atoms with Crippen molar-refractivity contribution in [3.05, 3.63) is 41.3 Å². The van der Waals surface area contributed by atoms with Crippen molar-refractivity contribution in [2.24, 2.45) is 5.73 Å². The van der Waals surface area contributed by atoms with Gasteiger partial charge in [0.05, 0.1) is 5.25 Å². The van der Waals surface area contributed by atoms with Crippen molar-refractivity contribution in [2.45, 2.75) is 50.6 Å². The predicted molar refractivity (Wildman–Crippen MR) is 106 cm³/mol. The van der Waals surface area contributed by atoms with Gasteiger partial charge in [0.25, 0.3) is 0 Å². The molecule has 3 N–H and O–H groups in total. The molecule has 3 rings (SSSR count). The van der Waals surface area contributed by atoms with Crippen LogP contribution in [0.5, 0.6) is 0 Å². The molecule has 142 valence electrons. The Hall–Kier alpha value is -2.61. The summed E-state index contributed by atoms with van der Waals surface area (Å²) in [4.78, 5) is 27.4. The number of benzene rings is 1. The van der Waals surface area contributed by atoms with E-state index in [0.29, 0.717) is 23.9 Å².